The number of ketones is 1. The zero-order valence-corrected chi connectivity index (χ0v) is 13.8. The number of carbonyl (C=O) groups is 1. The summed E-state index contributed by atoms with van der Waals surface area (Å²) in [7, 11) is 0. The third kappa shape index (κ3) is 3.30. The summed E-state index contributed by atoms with van der Waals surface area (Å²) in [6, 6.07) is 7.23. The summed E-state index contributed by atoms with van der Waals surface area (Å²) < 4.78 is 2.76. The second kappa shape index (κ2) is 5.96. The maximum atomic E-state index is 12.1. The third-order valence-electron chi connectivity index (χ3n) is 2.64. The lowest BCUT2D eigenvalue weighted by atomic mass is 10.1. The molecule has 0 saturated carbocycles. The highest BCUT2D eigenvalue weighted by Crippen LogP contribution is 2.09. The van der Waals surface area contributed by atoms with Crippen molar-refractivity contribution in [3.63, 3.8) is 0 Å². The van der Waals surface area contributed by atoms with Gasteiger partial charge in [0, 0.05) is 9.13 Å². The second-order valence-corrected chi connectivity index (χ2v) is 6.05. The average molecular weight is 433 g/mol. The smallest absolute Gasteiger partial charge is 0.268 e. The van der Waals surface area contributed by atoms with Gasteiger partial charge in [-0.2, -0.15) is 0 Å². The Morgan fingerprint density at radius 1 is 1.37 bits per heavy atom. The SMILES string of the molecule is Cc1ncn(CC(=O)c2ccc(I)cc2)c(=O)c1Br. The molecule has 0 saturated heterocycles. The number of halogens is 2. The molecule has 0 spiro atoms. The largest absolute Gasteiger partial charge is 0.292 e. The van der Waals surface area contributed by atoms with Crippen molar-refractivity contribution in [3.8, 4) is 0 Å². The van der Waals surface area contributed by atoms with Crippen molar-refractivity contribution in [2.75, 3.05) is 0 Å². The van der Waals surface area contributed by atoms with Gasteiger partial charge in [-0.25, -0.2) is 4.98 Å². The van der Waals surface area contributed by atoms with Crippen molar-refractivity contribution in [1.82, 2.24) is 9.55 Å². The summed E-state index contributed by atoms with van der Waals surface area (Å²) in [5, 5.41) is 0. The van der Waals surface area contributed by atoms with Crippen LogP contribution in [0.25, 0.3) is 0 Å². The topological polar surface area (TPSA) is 52.0 Å². The van der Waals surface area contributed by atoms with E-state index in [0.29, 0.717) is 15.7 Å². The summed E-state index contributed by atoms with van der Waals surface area (Å²) >= 11 is 5.35. The fourth-order valence-corrected chi connectivity index (χ4v) is 2.23. The molecule has 2 aromatic rings. The van der Waals surface area contributed by atoms with Crippen LogP contribution in [0.5, 0.6) is 0 Å². The van der Waals surface area contributed by atoms with Gasteiger partial charge in [-0.05, 0) is 57.6 Å². The zero-order valence-electron chi connectivity index (χ0n) is 10.1. The lowest BCUT2D eigenvalue weighted by molar-refractivity contribution is 0.0970. The highest BCUT2D eigenvalue weighted by atomic mass is 127. The molecular formula is C13H10BrIN2O2. The molecule has 1 aromatic carbocycles. The number of hydrogen-bond donors (Lipinski definition) is 0. The molecular weight excluding hydrogens is 423 g/mol. The van der Waals surface area contributed by atoms with Gasteiger partial charge < -0.3 is 0 Å². The summed E-state index contributed by atoms with van der Waals surface area (Å²) in [5.74, 6) is -0.115. The summed E-state index contributed by atoms with van der Waals surface area (Å²) in [5.41, 5.74) is 0.957. The highest BCUT2D eigenvalue weighted by Gasteiger charge is 2.10. The van der Waals surface area contributed by atoms with Crippen LogP contribution in [-0.2, 0) is 6.54 Å². The third-order valence-corrected chi connectivity index (χ3v) is 4.27. The van der Waals surface area contributed by atoms with Crippen LogP contribution in [0.4, 0.5) is 0 Å². The van der Waals surface area contributed by atoms with Crippen LogP contribution in [0.1, 0.15) is 16.1 Å². The first-order chi connectivity index (χ1) is 8.99. The Hall–Kier alpha value is -1.02. The Morgan fingerprint density at radius 2 is 2.00 bits per heavy atom. The van der Waals surface area contributed by atoms with Gasteiger partial charge in [0.05, 0.1) is 18.6 Å². The quantitative estimate of drug-likeness (QED) is 0.553. The molecule has 0 N–H and O–H groups in total. The van der Waals surface area contributed by atoms with E-state index in [9.17, 15) is 9.59 Å². The monoisotopic (exact) mass is 432 g/mol. The van der Waals surface area contributed by atoms with Gasteiger partial charge in [-0.15, -0.1) is 0 Å². The van der Waals surface area contributed by atoms with Crippen LogP contribution in [0.15, 0.2) is 39.9 Å². The van der Waals surface area contributed by atoms with Gasteiger partial charge in [0.25, 0.3) is 5.56 Å². The van der Waals surface area contributed by atoms with Crippen LogP contribution in [0.2, 0.25) is 0 Å². The molecule has 1 aromatic heterocycles. The Labute approximate surface area is 132 Å². The van der Waals surface area contributed by atoms with E-state index in [-0.39, 0.29) is 17.9 Å². The molecule has 1 heterocycles. The first-order valence-corrected chi connectivity index (χ1v) is 7.36. The predicted octanol–water partition coefficient (Wildman–Crippen LogP) is 2.80. The standard InChI is InChI=1S/C13H10BrIN2O2/c1-8-12(14)13(19)17(7-16-8)6-11(18)9-2-4-10(15)5-3-9/h2-5,7H,6H2,1H3. The highest BCUT2D eigenvalue weighted by molar-refractivity contribution is 14.1. The summed E-state index contributed by atoms with van der Waals surface area (Å²) in [6.45, 7) is 1.72. The van der Waals surface area contributed by atoms with E-state index in [0.717, 1.165) is 3.57 Å². The van der Waals surface area contributed by atoms with Gasteiger partial charge in [0.15, 0.2) is 5.78 Å². The molecule has 0 aliphatic carbocycles. The molecule has 0 atom stereocenters. The van der Waals surface area contributed by atoms with Gasteiger partial charge in [-0.1, -0.05) is 12.1 Å². The van der Waals surface area contributed by atoms with E-state index in [4.69, 9.17) is 0 Å². The Bertz CT molecular complexity index is 680. The molecule has 6 heteroatoms. The van der Waals surface area contributed by atoms with E-state index in [1.54, 1.807) is 19.1 Å². The van der Waals surface area contributed by atoms with Gasteiger partial charge in [0.1, 0.15) is 4.47 Å². The minimum atomic E-state index is -0.244. The van der Waals surface area contributed by atoms with Crippen molar-refractivity contribution >= 4 is 44.3 Å². The van der Waals surface area contributed by atoms with Crippen molar-refractivity contribution in [3.05, 3.63) is 60.2 Å². The normalized spacial score (nSPS) is 10.5. The van der Waals surface area contributed by atoms with Crippen molar-refractivity contribution < 1.29 is 4.79 Å². The minimum absolute atomic E-state index is 0.00863. The van der Waals surface area contributed by atoms with E-state index < -0.39 is 0 Å². The van der Waals surface area contributed by atoms with E-state index >= 15 is 0 Å². The van der Waals surface area contributed by atoms with Crippen molar-refractivity contribution in [2.24, 2.45) is 0 Å². The van der Waals surface area contributed by atoms with Crippen molar-refractivity contribution in [1.29, 1.82) is 0 Å². The van der Waals surface area contributed by atoms with Crippen molar-refractivity contribution in [2.45, 2.75) is 13.5 Å². The summed E-state index contributed by atoms with van der Waals surface area (Å²) in [6.07, 6.45) is 1.40. The lowest BCUT2D eigenvalue weighted by Crippen LogP contribution is -2.25. The Morgan fingerprint density at radius 3 is 2.63 bits per heavy atom. The Balaban J connectivity index is 2.27. The molecule has 19 heavy (non-hydrogen) atoms. The maximum Gasteiger partial charge on any atom is 0.268 e. The second-order valence-electron chi connectivity index (χ2n) is 4.01. The van der Waals surface area contributed by atoms with Gasteiger partial charge >= 0.3 is 0 Å². The zero-order chi connectivity index (χ0) is 14.0. The molecule has 0 amide bonds. The lowest BCUT2D eigenvalue weighted by Gasteiger charge is -2.06. The molecule has 0 radical (unpaired) electrons. The minimum Gasteiger partial charge on any atom is -0.292 e. The molecule has 0 unspecified atom stereocenters. The first-order valence-electron chi connectivity index (χ1n) is 5.49. The number of benzene rings is 1. The molecule has 0 aliphatic rings. The fourth-order valence-electron chi connectivity index (χ4n) is 1.54. The Kier molecular flexibility index (Phi) is 4.51. The van der Waals surface area contributed by atoms with Gasteiger partial charge in [-0.3, -0.25) is 14.2 Å². The van der Waals surface area contributed by atoms with Crippen LogP contribution in [-0.4, -0.2) is 15.3 Å². The molecule has 98 valence electrons. The van der Waals surface area contributed by atoms with Crippen LogP contribution < -0.4 is 5.56 Å². The molecule has 0 fully saturated rings. The van der Waals surface area contributed by atoms with Gasteiger partial charge in [0.2, 0.25) is 0 Å². The van der Waals surface area contributed by atoms with E-state index in [2.05, 4.69) is 43.5 Å². The number of aryl methyl sites for hydroxylation is 1. The summed E-state index contributed by atoms with van der Waals surface area (Å²) in [4.78, 5) is 28.1. The van der Waals surface area contributed by atoms with Crippen LogP contribution in [0, 0.1) is 10.5 Å². The fraction of sp³-hybridized carbons (Fsp3) is 0.154. The maximum absolute atomic E-state index is 12.1. The number of rotatable bonds is 3. The number of carbonyl (C=O) groups excluding carboxylic acids is 1. The molecule has 0 aliphatic heterocycles. The van der Waals surface area contributed by atoms with Crippen LogP contribution in [0.3, 0.4) is 0 Å². The molecule has 0 bridgehead atoms. The number of hydrogen-bond acceptors (Lipinski definition) is 3. The van der Waals surface area contributed by atoms with E-state index in [1.165, 1.54) is 10.9 Å². The number of aromatic nitrogens is 2. The van der Waals surface area contributed by atoms with Crippen LogP contribution >= 0.6 is 38.5 Å². The van der Waals surface area contributed by atoms with E-state index in [1.807, 2.05) is 12.1 Å². The molecule has 4 nitrogen and oxygen atoms in total. The first kappa shape index (κ1) is 14.4. The average Bonchev–Trinajstić information content (AvgIpc) is 2.40. The number of Topliss-reactive ketones (excluding diaryl/α,β-unsaturated/α-hetero) is 1. The molecule has 2 rings (SSSR count). The predicted molar refractivity (Wildman–Crippen MR) is 84.4 cm³/mol. The number of nitrogens with zero attached hydrogens (tertiary/aromatic N) is 2.